The third kappa shape index (κ3) is 8.96. The van der Waals surface area contributed by atoms with E-state index in [0.29, 0.717) is 12.8 Å². The van der Waals surface area contributed by atoms with E-state index in [9.17, 15) is 10.1 Å². The van der Waals surface area contributed by atoms with Gasteiger partial charge in [0.2, 0.25) is 6.54 Å². The van der Waals surface area contributed by atoms with E-state index >= 15 is 0 Å². The molecular weight excluding hydrogens is 142 g/mol. The molecule has 0 heterocycles. The molecule has 0 amide bonds. The summed E-state index contributed by atoms with van der Waals surface area (Å²) in [6.07, 6.45) is 10.7. The molecule has 0 aromatic carbocycles. The van der Waals surface area contributed by atoms with Crippen molar-refractivity contribution in [2.75, 3.05) is 6.54 Å². The van der Waals surface area contributed by atoms with E-state index in [1.807, 2.05) is 0 Å². The molecule has 0 atom stereocenters. The molecule has 3 heteroatoms. The lowest BCUT2D eigenvalue weighted by atomic mass is 10.1. The highest BCUT2D eigenvalue weighted by molar-refractivity contribution is 4.74. The molecule has 0 aromatic heterocycles. The molecule has 0 saturated carbocycles. The van der Waals surface area contributed by atoms with Gasteiger partial charge in [0.1, 0.15) is 0 Å². The average Bonchev–Trinajstić information content (AvgIpc) is 1.96. The molecular formula is C8H12NO2. The Kier molecular flexibility index (Phi) is 6.40. The first-order valence-corrected chi connectivity index (χ1v) is 3.78. The van der Waals surface area contributed by atoms with Crippen molar-refractivity contribution in [1.82, 2.24) is 0 Å². The first kappa shape index (κ1) is 9.96. The molecule has 11 heavy (non-hydrogen) atoms. The number of hydrogen-bond acceptors (Lipinski definition) is 2. The molecule has 0 spiro atoms. The summed E-state index contributed by atoms with van der Waals surface area (Å²) in [5, 5.41) is 9.85. The van der Waals surface area contributed by atoms with Crippen molar-refractivity contribution in [3.05, 3.63) is 16.5 Å². The van der Waals surface area contributed by atoms with Gasteiger partial charge in [-0.3, -0.25) is 10.1 Å². The van der Waals surface area contributed by atoms with Crippen LogP contribution in [-0.4, -0.2) is 11.5 Å². The summed E-state index contributed by atoms with van der Waals surface area (Å²) in [6.45, 7) is 0.0777. The van der Waals surface area contributed by atoms with E-state index in [1.165, 1.54) is 0 Å². The zero-order valence-corrected chi connectivity index (χ0v) is 6.51. The van der Waals surface area contributed by atoms with Crippen molar-refractivity contribution in [2.24, 2.45) is 0 Å². The fourth-order valence-corrected chi connectivity index (χ4v) is 0.808. The highest BCUT2D eigenvalue weighted by Crippen LogP contribution is 2.01. The lowest BCUT2D eigenvalue weighted by Gasteiger charge is -1.93. The molecule has 1 radical (unpaired) electrons. The van der Waals surface area contributed by atoms with Gasteiger partial charge in [-0.1, -0.05) is 12.3 Å². The maximum atomic E-state index is 9.85. The van der Waals surface area contributed by atoms with Gasteiger partial charge in [0.15, 0.2) is 0 Å². The minimum atomic E-state index is -0.289. The van der Waals surface area contributed by atoms with Gasteiger partial charge >= 0.3 is 0 Å². The van der Waals surface area contributed by atoms with Gasteiger partial charge in [0.05, 0.1) is 0 Å². The molecule has 0 aliphatic heterocycles. The van der Waals surface area contributed by atoms with Crippen LogP contribution >= 0.6 is 0 Å². The molecule has 0 bridgehead atoms. The summed E-state index contributed by atoms with van der Waals surface area (Å²) in [7, 11) is 0. The van der Waals surface area contributed by atoms with Crippen LogP contribution in [0.4, 0.5) is 0 Å². The van der Waals surface area contributed by atoms with Crippen LogP contribution in [0.5, 0.6) is 0 Å². The van der Waals surface area contributed by atoms with Crippen LogP contribution in [0.1, 0.15) is 32.1 Å². The third-order valence-corrected chi connectivity index (χ3v) is 1.39. The highest BCUT2D eigenvalue weighted by atomic mass is 16.6. The molecule has 0 aromatic rings. The molecule has 0 saturated heterocycles. The smallest absolute Gasteiger partial charge is 0.203 e. The normalized spacial score (nSPS) is 9.00. The predicted octanol–water partition coefficient (Wildman–Crippen LogP) is 1.80. The second-order valence-electron chi connectivity index (χ2n) is 2.40. The first-order valence-electron chi connectivity index (χ1n) is 3.78. The number of nitrogens with zero attached hydrogens (tertiary/aromatic N) is 1. The Bertz CT molecular complexity index is 149. The van der Waals surface area contributed by atoms with E-state index in [1.54, 1.807) is 0 Å². The van der Waals surface area contributed by atoms with Gasteiger partial charge in [-0.05, 0) is 19.3 Å². The van der Waals surface area contributed by atoms with Crippen molar-refractivity contribution < 1.29 is 4.92 Å². The van der Waals surface area contributed by atoms with Crippen molar-refractivity contribution in [3.63, 3.8) is 0 Å². The quantitative estimate of drug-likeness (QED) is 0.253. The van der Waals surface area contributed by atoms with Gasteiger partial charge in [0.25, 0.3) is 0 Å². The zero-order valence-electron chi connectivity index (χ0n) is 6.51. The summed E-state index contributed by atoms with van der Waals surface area (Å²) in [5.74, 6) is 2.28. The van der Waals surface area contributed by atoms with Crippen LogP contribution in [0.15, 0.2) is 0 Å². The second kappa shape index (κ2) is 7.07. The van der Waals surface area contributed by atoms with Gasteiger partial charge < -0.3 is 0 Å². The monoisotopic (exact) mass is 154 g/mol. The maximum Gasteiger partial charge on any atom is 0.203 e. The van der Waals surface area contributed by atoms with Crippen molar-refractivity contribution in [3.8, 4) is 5.92 Å². The molecule has 0 aliphatic carbocycles. The summed E-state index contributed by atoms with van der Waals surface area (Å²) in [6, 6.07) is 0. The van der Waals surface area contributed by atoms with Crippen molar-refractivity contribution >= 4 is 0 Å². The lowest BCUT2D eigenvalue weighted by Crippen LogP contribution is -1.99. The SMILES string of the molecule is [C]#CCCCCCC[N+](=O)[O-]. The fraction of sp³-hybridized carbons (Fsp3) is 0.750. The maximum absolute atomic E-state index is 9.85. The summed E-state index contributed by atoms with van der Waals surface area (Å²) < 4.78 is 0. The molecule has 0 aliphatic rings. The minimum Gasteiger partial charge on any atom is -0.265 e. The number of rotatable bonds is 6. The molecule has 0 rings (SSSR count). The Balaban J connectivity index is 2.92. The van der Waals surface area contributed by atoms with Gasteiger partial charge in [0, 0.05) is 17.8 Å². The van der Waals surface area contributed by atoms with E-state index in [4.69, 9.17) is 6.42 Å². The minimum absolute atomic E-state index is 0.0777. The highest BCUT2D eigenvalue weighted by Gasteiger charge is 1.95. The standard InChI is InChI=1S/C8H12NO2/c1-2-3-4-5-6-7-8-9(10)11/h3-8H2. The van der Waals surface area contributed by atoms with E-state index in [-0.39, 0.29) is 11.5 Å². The van der Waals surface area contributed by atoms with Crippen LogP contribution in [-0.2, 0) is 0 Å². The predicted molar refractivity (Wildman–Crippen MR) is 42.1 cm³/mol. The van der Waals surface area contributed by atoms with E-state index in [0.717, 1.165) is 19.3 Å². The van der Waals surface area contributed by atoms with E-state index in [2.05, 4.69) is 5.92 Å². The topological polar surface area (TPSA) is 43.1 Å². The second-order valence-corrected chi connectivity index (χ2v) is 2.40. The third-order valence-electron chi connectivity index (χ3n) is 1.39. The van der Waals surface area contributed by atoms with Crippen LogP contribution in [0.2, 0.25) is 0 Å². The van der Waals surface area contributed by atoms with Gasteiger partial charge in [-0.25, -0.2) is 0 Å². The van der Waals surface area contributed by atoms with Crippen molar-refractivity contribution in [1.29, 1.82) is 0 Å². The van der Waals surface area contributed by atoms with E-state index < -0.39 is 0 Å². The zero-order chi connectivity index (χ0) is 8.53. The number of unbranched alkanes of at least 4 members (excludes halogenated alkanes) is 4. The summed E-state index contributed by atoms with van der Waals surface area (Å²) in [5.41, 5.74) is 0. The summed E-state index contributed by atoms with van der Waals surface area (Å²) >= 11 is 0. The van der Waals surface area contributed by atoms with Crippen LogP contribution in [0.25, 0.3) is 0 Å². The Morgan fingerprint density at radius 2 is 1.91 bits per heavy atom. The van der Waals surface area contributed by atoms with Crippen LogP contribution < -0.4 is 0 Å². The Hall–Kier alpha value is -1.04. The van der Waals surface area contributed by atoms with Gasteiger partial charge in [-0.2, -0.15) is 0 Å². The Labute approximate surface area is 66.9 Å². The molecule has 3 nitrogen and oxygen atoms in total. The Morgan fingerprint density at radius 1 is 1.27 bits per heavy atom. The molecule has 0 fully saturated rings. The van der Waals surface area contributed by atoms with Crippen molar-refractivity contribution in [2.45, 2.75) is 32.1 Å². The molecule has 61 valence electrons. The number of nitro groups is 1. The fourth-order valence-electron chi connectivity index (χ4n) is 0.808. The molecule has 0 N–H and O–H groups in total. The van der Waals surface area contributed by atoms with Crippen LogP contribution in [0, 0.1) is 22.5 Å². The first-order chi connectivity index (χ1) is 5.27. The lowest BCUT2D eigenvalue weighted by molar-refractivity contribution is -0.480. The number of hydrogen-bond donors (Lipinski definition) is 0. The Morgan fingerprint density at radius 3 is 2.45 bits per heavy atom. The average molecular weight is 154 g/mol. The molecule has 0 unspecified atom stereocenters. The van der Waals surface area contributed by atoms with Gasteiger partial charge in [-0.15, -0.1) is 0 Å². The largest absolute Gasteiger partial charge is 0.265 e. The summed E-state index contributed by atoms with van der Waals surface area (Å²) in [4.78, 5) is 9.56. The van der Waals surface area contributed by atoms with Crippen LogP contribution in [0.3, 0.4) is 0 Å².